The van der Waals surface area contributed by atoms with Gasteiger partial charge in [0, 0.05) is 18.7 Å². The van der Waals surface area contributed by atoms with Crippen molar-refractivity contribution in [1.29, 1.82) is 0 Å². The smallest absolute Gasteiger partial charge is 0.123 e. The van der Waals surface area contributed by atoms with Crippen molar-refractivity contribution < 1.29 is 9.47 Å². The molecule has 1 aromatic carbocycles. The zero-order chi connectivity index (χ0) is 13.7. The van der Waals surface area contributed by atoms with E-state index in [0.717, 1.165) is 5.75 Å². The lowest BCUT2D eigenvalue weighted by atomic mass is 9.80. The van der Waals surface area contributed by atoms with E-state index < -0.39 is 0 Å². The molecule has 2 unspecified atom stereocenters. The van der Waals surface area contributed by atoms with Crippen LogP contribution in [0.1, 0.15) is 31.7 Å². The van der Waals surface area contributed by atoms with Crippen LogP contribution in [-0.4, -0.2) is 33.4 Å². The Kier molecular flexibility index (Phi) is 4.83. The van der Waals surface area contributed by atoms with Gasteiger partial charge in [0.2, 0.25) is 0 Å². The van der Waals surface area contributed by atoms with Crippen LogP contribution < -0.4 is 10.1 Å². The summed E-state index contributed by atoms with van der Waals surface area (Å²) in [7, 11) is 3.75. The van der Waals surface area contributed by atoms with Gasteiger partial charge in [0.1, 0.15) is 12.4 Å². The minimum Gasteiger partial charge on any atom is -0.491 e. The zero-order valence-corrected chi connectivity index (χ0v) is 12.2. The predicted octanol–water partition coefficient (Wildman–Crippen LogP) is 2.74. The number of hydrogen-bond donors (Lipinski definition) is 1. The maximum Gasteiger partial charge on any atom is 0.123 e. The fourth-order valence-corrected chi connectivity index (χ4v) is 3.06. The molecule has 3 nitrogen and oxygen atoms in total. The van der Waals surface area contributed by atoms with Crippen LogP contribution in [0.15, 0.2) is 24.3 Å². The zero-order valence-electron chi connectivity index (χ0n) is 12.2. The van der Waals surface area contributed by atoms with Gasteiger partial charge in [-0.05, 0) is 37.8 Å². The second-order valence-corrected chi connectivity index (χ2v) is 5.63. The van der Waals surface area contributed by atoms with Gasteiger partial charge in [0.25, 0.3) is 0 Å². The highest BCUT2D eigenvalue weighted by atomic mass is 16.5. The number of methoxy groups -OCH3 is 1. The molecule has 0 bridgehead atoms. The van der Waals surface area contributed by atoms with Crippen molar-refractivity contribution >= 4 is 0 Å². The van der Waals surface area contributed by atoms with E-state index in [2.05, 4.69) is 37.5 Å². The Morgan fingerprint density at radius 3 is 2.79 bits per heavy atom. The van der Waals surface area contributed by atoms with Crippen LogP contribution in [0.25, 0.3) is 0 Å². The number of nitrogens with one attached hydrogen (secondary N) is 1. The monoisotopic (exact) mass is 263 g/mol. The summed E-state index contributed by atoms with van der Waals surface area (Å²) >= 11 is 0. The van der Waals surface area contributed by atoms with E-state index in [-0.39, 0.29) is 5.41 Å². The molecule has 0 amide bonds. The predicted molar refractivity (Wildman–Crippen MR) is 77.9 cm³/mol. The summed E-state index contributed by atoms with van der Waals surface area (Å²) in [6.07, 6.45) is 3.62. The Labute approximate surface area is 116 Å². The molecule has 1 aromatic rings. The first-order valence-corrected chi connectivity index (χ1v) is 7.08. The van der Waals surface area contributed by atoms with E-state index in [9.17, 15) is 0 Å². The van der Waals surface area contributed by atoms with Gasteiger partial charge in [-0.3, -0.25) is 0 Å². The van der Waals surface area contributed by atoms with Crippen molar-refractivity contribution in [2.45, 2.75) is 37.6 Å². The molecule has 3 heteroatoms. The third kappa shape index (κ3) is 3.28. The number of rotatable bonds is 6. The summed E-state index contributed by atoms with van der Waals surface area (Å²) in [5.41, 5.74) is 1.56. The minimum atomic E-state index is 0.220. The third-order valence-electron chi connectivity index (χ3n) is 4.23. The summed E-state index contributed by atoms with van der Waals surface area (Å²) in [6.45, 7) is 3.59. The van der Waals surface area contributed by atoms with Gasteiger partial charge in [-0.15, -0.1) is 0 Å². The largest absolute Gasteiger partial charge is 0.491 e. The Hall–Kier alpha value is -1.06. The Balaban J connectivity index is 2.15. The molecule has 2 atom stereocenters. The normalized spacial score (nSPS) is 26.6. The van der Waals surface area contributed by atoms with Crippen molar-refractivity contribution in [3.05, 3.63) is 29.8 Å². The average Bonchev–Trinajstić information content (AvgIpc) is 2.83. The molecule has 0 saturated heterocycles. The maximum absolute atomic E-state index is 5.88. The van der Waals surface area contributed by atoms with Crippen molar-refractivity contribution in [3.8, 4) is 5.75 Å². The average molecular weight is 263 g/mol. The molecule has 106 valence electrons. The summed E-state index contributed by atoms with van der Waals surface area (Å²) in [5, 5.41) is 3.40. The van der Waals surface area contributed by atoms with Gasteiger partial charge in [0.15, 0.2) is 0 Å². The van der Waals surface area contributed by atoms with Crippen molar-refractivity contribution in [1.82, 2.24) is 5.32 Å². The van der Waals surface area contributed by atoms with E-state index in [1.165, 1.54) is 24.8 Å². The fraction of sp³-hybridized carbons (Fsp3) is 0.625. The molecule has 1 aliphatic rings. The van der Waals surface area contributed by atoms with E-state index in [1.54, 1.807) is 7.11 Å². The van der Waals surface area contributed by atoms with E-state index in [1.807, 2.05) is 6.07 Å². The first kappa shape index (κ1) is 14.4. The van der Waals surface area contributed by atoms with Crippen LogP contribution in [0.2, 0.25) is 0 Å². The highest BCUT2D eigenvalue weighted by Crippen LogP contribution is 2.44. The first-order chi connectivity index (χ1) is 9.19. The molecule has 19 heavy (non-hydrogen) atoms. The van der Waals surface area contributed by atoms with Gasteiger partial charge >= 0.3 is 0 Å². The Morgan fingerprint density at radius 2 is 2.11 bits per heavy atom. The van der Waals surface area contributed by atoms with Gasteiger partial charge in [-0.25, -0.2) is 0 Å². The molecular formula is C16H25NO2. The maximum atomic E-state index is 5.88. The highest BCUT2D eigenvalue weighted by Gasteiger charge is 2.37. The number of ether oxygens (including phenoxy) is 2. The summed E-state index contributed by atoms with van der Waals surface area (Å²) < 4.78 is 10.9. The summed E-state index contributed by atoms with van der Waals surface area (Å²) in [6, 6.07) is 9.05. The molecular weight excluding hydrogens is 238 g/mol. The third-order valence-corrected chi connectivity index (χ3v) is 4.23. The van der Waals surface area contributed by atoms with Crippen molar-refractivity contribution in [2.75, 3.05) is 27.4 Å². The van der Waals surface area contributed by atoms with Crippen LogP contribution in [0, 0.1) is 0 Å². The van der Waals surface area contributed by atoms with Crippen LogP contribution >= 0.6 is 0 Å². The molecule has 1 saturated carbocycles. The van der Waals surface area contributed by atoms with E-state index in [0.29, 0.717) is 19.3 Å². The van der Waals surface area contributed by atoms with Crippen LogP contribution in [0.3, 0.4) is 0 Å². The summed E-state index contributed by atoms with van der Waals surface area (Å²) in [5.74, 6) is 1.01. The van der Waals surface area contributed by atoms with Crippen LogP contribution in [-0.2, 0) is 10.2 Å². The molecule has 0 heterocycles. The first-order valence-electron chi connectivity index (χ1n) is 7.08. The molecule has 1 N–H and O–H groups in total. The molecule has 2 rings (SSSR count). The van der Waals surface area contributed by atoms with Gasteiger partial charge in [-0.2, -0.15) is 0 Å². The molecule has 0 aromatic heterocycles. The quantitative estimate of drug-likeness (QED) is 0.801. The number of hydrogen-bond acceptors (Lipinski definition) is 3. The molecule has 0 aliphatic heterocycles. The second kappa shape index (κ2) is 6.40. The van der Waals surface area contributed by atoms with Gasteiger partial charge < -0.3 is 14.8 Å². The lowest BCUT2D eigenvalue weighted by Crippen LogP contribution is -2.26. The van der Waals surface area contributed by atoms with Crippen LogP contribution in [0.5, 0.6) is 5.75 Å². The topological polar surface area (TPSA) is 30.5 Å². The number of benzene rings is 1. The van der Waals surface area contributed by atoms with Gasteiger partial charge in [0.05, 0.1) is 6.61 Å². The highest BCUT2D eigenvalue weighted by molar-refractivity contribution is 5.40. The molecule has 1 fully saturated rings. The van der Waals surface area contributed by atoms with E-state index >= 15 is 0 Å². The van der Waals surface area contributed by atoms with Crippen molar-refractivity contribution in [2.24, 2.45) is 0 Å². The molecule has 1 aliphatic carbocycles. The Morgan fingerprint density at radius 1 is 1.32 bits per heavy atom. The lowest BCUT2D eigenvalue weighted by Gasteiger charge is -2.27. The molecule has 0 radical (unpaired) electrons. The minimum absolute atomic E-state index is 0.220. The Bertz CT molecular complexity index is 407. The second-order valence-electron chi connectivity index (χ2n) is 5.63. The van der Waals surface area contributed by atoms with Crippen molar-refractivity contribution in [3.63, 3.8) is 0 Å². The lowest BCUT2D eigenvalue weighted by molar-refractivity contribution is 0.145. The molecule has 0 spiro atoms. The number of para-hydroxylation sites is 1. The van der Waals surface area contributed by atoms with Gasteiger partial charge in [-0.1, -0.05) is 25.1 Å². The standard InChI is InChI=1S/C16H25NO2/c1-16(9-8-13(12-16)17-2)14-6-4-5-7-15(14)19-11-10-18-3/h4-7,13,17H,8-12H2,1-3H3. The fourth-order valence-electron chi connectivity index (χ4n) is 3.06. The SMILES string of the molecule is CNC1CCC(C)(c2ccccc2OCCOC)C1. The van der Waals surface area contributed by atoms with E-state index in [4.69, 9.17) is 9.47 Å². The summed E-state index contributed by atoms with van der Waals surface area (Å²) in [4.78, 5) is 0. The van der Waals surface area contributed by atoms with Crippen LogP contribution in [0.4, 0.5) is 0 Å².